The van der Waals surface area contributed by atoms with Gasteiger partial charge in [0.25, 0.3) is 0 Å². The number of hydrogen-bond donors (Lipinski definition) is 2. The van der Waals surface area contributed by atoms with Gasteiger partial charge in [0.15, 0.2) is 0 Å². The van der Waals surface area contributed by atoms with Gasteiger partial charge in [0, 0.05) is 28.2 Å². The number of rotatable bonds is 0. The Morgan fingerprint density at radius 3 is 0.923 bits per heavy atom. The molecule has 72 valence electrons. The normalized spacial score (nSPS) is 7.23. The van der Waals surface area contributed by atoms with Crippen molar-refractivity contribution in [3.05, 3.63) is 0 Å². The Morgan fingerprint density at radius 2 is 0.923 bits per heavy atom. The van der Waals surface area contributed by atoms with Gasteiger partial charge in [-0.15, -0.1) is 25.3 Å². The second-order valence-corrected chi connectivity index (χ2v) is 4.58. The van der Waals surface area contributed by atoms with Crippen LogP contribution in [0.25, 0.3) is 0 Å². The van der Waals surface area contributed by atoms with E-state index in [1.54, 1.807) is 9.80 Å². The van der Waals surface area contributed by atoms with Gasteiger partial charge in [0.2, 0.25) is 0 Å². The molecule has 0 amide bonds. The Hall–Kier alpha value is 1.10. The summed E-state index contributed by atoms with van der Waals surface area (Å²) in [6.45, 7) is 0. The molecule has 0 aromatic rings. The Bertz CT molecular complexity index is 143. The molecule has 0 atom stereocenters. The summed E-state index contributed by atoms with van der Waals surface area (Å²) in [4.78, 5) is 3.52. The van der Waals surface area contributed by atoms with E-state index in [0.717, 1.165) is 0 Å². The maximum atomic E-state index is 4.61. The number of nitrogens with zero attached hydrogens (tertiary/aromatic N) is 2. The molecule has 0 spiro atoms. The molecule has 0 aliphatic rings. The van der Waals surface area contributed by atoms with Gasteiger partial charge in [0.1, 0.15) is 8.64 Å². The predicted octanol–water partition coefficient (Wildman–Crippen LogP) is 1.52. The number of hydrogen-bond acceptors (Lipinski definition) is 2. The molecular weight excluding hydrogens is 294 g/mol. The molecule has 7 heteroatoms. The summed E-state index contributed by atoms with van der Waals surface area (Å²) in [5, 5.41) is 0. The van der Waals surface area contributed by atoms with Crippen LogP contribution in [0.3, 0.4) is 0 Å². The first-order valence-electron chi connectivity index (χ1n) is 3.09. The molecule has 0 rings (SSSR count). The number of thiocarbonyl (C=S) groups is 2. The Balaban J connectivity index is -0.000000143. The van der Waals surface area contributed by atoms with Crippen LogP contribution in [0.4, 0.5) is 0 Å². The van der Waals surface area contributed by atoms with E-state index in [4.69, 9.17) is 0 Å². The van der Waals surface area contributed by atoms with Crippen molar-refractivity contribution in [2.24, 2.45) is 0 Å². The summed E-state index contributed by atoms with van der Waals surface area (Å²) < 4.78 is 1.24. The van der Waals surface area contributed by atoms with E-state index in [0.29, 0.717) is 8.64 Å². The van der Waals surface area contributed by atoms with Gasteiger partial charge in [-0.3, -0.25) is 0 Å². The molecule has 0 radical (unpaired) electrons. The fraction of sp³-hybridized carbons (Fsp3) is 0.667. The van der Waals surface area contributed by atoms with Gasteiger partial charge in [0.05, 0.1) is 0 Å². The van der Waals surface area contributed by atoms with Crippen LogP contribution in [0.2, 0.25) is 0 Å². The van der Waals surface area contributed by atoms with E-state index in [9.17, 15) is 0 Å². The minimum atomic E-state index is 0. The van der Waals surface area contributed by atoms with Crippen LogP contribution in [0.5, 0.6) is 0 Å². The smallest absolute Gasteiger partial charge is 0.364 e. The minimum absolute atomic E-state index is 0. The van der Waals surface area contributed by atoms with E-state index in [1.165, 1.54) is 0 Å². The quantitative estimate of drug-likeness (QED) is 0.398. The first-order chi connectivity index (χ1) is 5.29. The zero-order valence-electron chi connectivity index (χ0n) is 8.31. The van der Waals surface area contributed by atoms with Crippen LogP contribution >= 0.6 is 49.7 Å². The molecule has 0 fully saturated rings. The predicted molar refractivity (Wildman–Crippen MR) is 70.5 cm³/mol. The maximum absolute atomic E-state index is 4.61. The molecule has 0 heterocycles. The Morgan fingerprint density at radius 1 is 0.846 bits per heavy atom. The molecule has 13 heavy (non-hydrogen) atoms. The summed E-state index contributed by atoms with van der Waals surface area (Å²) in [5.74, 6) is 0. The third kappa shape index (κ3) is 19.5. The molecule has 0 N–H and O–H groups in total. The minimum Gasteiger partial charge on any atom is -0.364 e. The van der Waals surface area contributed by atoms with Crippen molar-refractivity contribution >= 4 is 58.3 Å². The van der Waals surface area contributed by atoms with Crippen molar-refractivity contribution in [2.75, 3.05) is 28.2 Å². The van der Waals surface area contributed by atoms with Gasteiger partial charge >= 0.3 is 19.5 Å². The second kappa shape index (κ2) is 11.2. The molecule has 0 aromatic carbocycles. The van der Waals surface area contributed by atoms with E-state index in [-0.39, 0.29) is 19.5 Å². The third-order valence-electron chi connectivity index (χ3n) is 0.765. The van der Waals surface area contributed by atoms with Crippen molar-refractivity contribution < 1.29 is 19.5 Å². The van der Waals surface area contributed by atoms with Crippen molar-refractivity contribution in [2.45, 2.75) is 0 Å². The molecule has 0 saturated heterocycles. The third-order valence-corrected chi connectivity index (χ3v) is 2.30. The zero-order valence-corrected chi connectivity index (χ0v) is 14.7. The van der Waals surface area contributed by atoms with Crippen LogP contribution in [0.1, 0.15) is 0 Å². The van der Waals surface area contributed by atoms with Crippen LogP contribution < -0.4 is 0 Å². The fourth-order valence-electron chi connectivity index (χ4n) is 0. The van der Waals surface area contributed by atoms with Crippen molar-refractivity contribution in [1.82, 2.24) is 9.80 Å². The van der Waals surface area contributed by atoms with Crippen molar-refractivity contribution in [1.29, 1.82) is 0 Å². The summed E-state index contributed by atoms with van der Waals surface area (Å²) in [7, 11) is 7.43. The monoisotopic (exact) mass is 306 g/mol. The molecule has 0 bridgehead atoms. The van der Waals surface area contributed by atoms with Crippen LogP contribution in [-0.2, 0) is 19.5 Å². The molecule has 0 aliphatic carbocycles. The molecule has 0 aromatic heterocycles. The summed E-state index contributed by atoms with van der Waals surface area (Å²) in [6, 6.07) is 0. The number of thiol groups is 2. The summed E-state index contributed by atoms with van der Waals surface area (Å²) in [5.41, 5.74) is 0. The van der Waals surface area contributed by atoms with Gasteiger partial charge < -0.3 is 9.80 Å². The van der Waals surface area contributed by atoms with Gasteiger partial charge in [-0.05, 0) is 0 Å². The average Bonchev–Trinajstić information content (AvgIpc) is 1.88. The first-order valence-corrected chi connectivity index (χ1v) is 4.80. The molecule has 0 unspecified atom stereocenters. The Kier molecular flexibility index (Phi) is 16.9. The van der Waals surface area contributed by atoms with Gasteiger partial charge in [-0.1, -0.05) is 24.4 Å². The molecular formula is C6H14N2S4Zn+2. The topological polar surface area (TPSA) is 6.48 Å². The van der Waals surface area contributed by atoms with E-state index >= 15 is 0 Å². The molecule has 0 saturated carbocycles. The van der Waals surface area contributed by atoms with E-state index < -0.39 is 0 Å². The SMILES string of the molecule is CN(C)C(=S)S.CN(C)C(=S)S.[Zn+2]. The second-order valence-electron chi connectivity index (χ2n) is 2.35. The van der Waals surface area contributed by atoms with E-state index in [2.05, 4.69) is 49.7 Å². The first kappa shape index (κ1) is 19.6. The average molecular weight is 308 g/mol. The summed E-state index contributed by atoms with van der Waals surface area (Å²) in [6.07, 6.45) is 0. The van der Waals surface area contributed by atoms with Crippen molar-refractivity contribution in [3.63, 3.8) is 0 Å². The van der Waals surface area contributed by atoms with Gasteiger partial charge in [-0.25, -0.2) is 0 Å². The van der Waals surface area contributed by atoms with Crippen LogP contribution in [-0.4, -0.2) is 46.6 Å². The standard InChI is InChI=1S/2C3H7NS2.Zn/c2*1-4(2)3(5)6;/h2*1-2H3,(H,5,6);/q;;+2. The largest absolute Gasteiger partial charge is 2.00 e. The molecule has 2 nitrogen and oxygen atoms in total. The fourth-order valence-corrected chi connectivity index (χ4v) is 0. The van der Waals surface area contributed by atoms with E-state index in [1.807, 2.05) is 28.2 Å². The van der Waals surface area contributed by atoms with Gasteiger partial charge in [-0.2, -0.15) is 0 Å². The molecule has 0 aliphatic heterocycles. The van der Waals surface area contributed by atoms with Crippen molar-refractivity contribution in [3.8, 4) is 0 Å². The van der Waals surface area contributed by atoms with Crippen LogP contribution in [0, 0.1) is 0 Å². The maximum Gasteiger partial charge on any atom is 2.00 e. The van der Waals surface area contributed by atoms with Crippen LogP contribution in [0.15, 0.2) is 0 Å². The zero-order chi connectivity index (χ0) is 10.3. The Labute approximate surface area is 115 Å². The summed E-state index contributed by atoms with van der Waals surface area (Å²) >= 11 is 16.9.